The molecule has 2 fully saturated rings. The third-order valence-electron chi connectivity index (χ3n) is 10.7. The van der Waals surface area contributed by atoms with E-state index in [9.17, 15) is 39.6 Å². The number of Topliss-reactive ketones (excluding diaryl/α,β-unsaturated/α-hetero) is 2. The van der Waals surface area contributed by atoms with Crippen LogP contribution in [0.3, 0.4) is 0 Å². The van der Waals surface area contributed by atoms with Crippen LogP contribution in [0.1, 0.15) is 75.5 Å². The molecule has 0 aliphatic heterocycles. The monoisotopic (exact) mass is 699 g/mol. The molecule has 0 spiro atoms. The number of aliphatic hydroxyl groups is 3. The number of nitrogens with zero attached hydrogens (tertiary/aromatic N) is 2. The van der Waals surface area contributed by atoms with E-state index in [0.717, 1.165) is 25.7 Å². The molecule has 0 saturated heterocycles. The smallest absolute Gasteiger partial charge is 0.305 e. The molecule has 6 N–H and O–H groups in total. The molecular formula is C36H49N3O9S. The molecule has 2 saturated carbocycles. The number of primary amides is 1. The van der Waals surface area contributed by atoms with Crippen molar-refractivity contribution in [1.29, 1.82) is 0 Å². The molecule has 0 bridgehead atoms. The van der Waals surface area contributed by atoms with E-state index in [-0.39, 0.29) is 23.3 Å². The van der Waals surface area contributed by atoms with Gasteiger partial charge in [-0.1, -0.05) is 45.7 Å². The highest BCUT2D eigenvalue weighted by molar-refractivity contribution is 7.99. The Kier molecular flexibility index (Phi) is 10.1. The number of carbonyl (C=O) groups is 4. The molecular weight excluding hydrogens is 650 g/mol. The van der Waals surface area contributed by atoms with Crippen molar-refractivity contribution in [3.8, 4) is 5.75 Å². The second-order valence-corrected chi connectivity index (χ2v) is 16.3. The van der Waals surface area contributed by atoms with Crippen LogP contribution in [0.2, 0.25) is 0 Å². The van der Waals surface area contributed by atoms with Crippen LogP contribution in [0, 0.1) is 11.8 Å². The molecule has 4 aliphatic carbocycles. The van der Waals surface area contributed by atoms with Crippen molar-refractivity contribution in [1.82, 2.24) is 9.80 Å². The molecule has 1 aromatic rings. The summed E-state index contributed by atoms with van der Waals surface area (Å²) in [5.74, 6) is -9.08. The number of thioether (sulfide) groups is 1. The fourth-order valence-electron chi connectivity index (χ4n) is 8.70. The number of hydrogen-bond acceptors (Lipinski definition) is 12. The number of fused-ring (bicyclic) bond motifs is 3. The van der Waals surface area contributed by atoms with E-state index >= 15 is 0 Å². The average molecular weight is 700 g/mol. The van der Waals surface area contributed by atoms with Gasteiger partial charge in [-0.15, -0.1) is 0 Å². The number of amides is 1. The summed E-state index contributed by atoms with van der Waals surface area (Å²) in [4.78, 5) is 57.8. The lowest BCUT2D eigenvalue weighted by molar-refractivity contribution is -0.185. The molecule has 6 atom stereocenters. The molecule has 49 heavy (non-hydrogen) atoms. The number of aromatic hydroxyl groups is 1. The van der Waals surface area contributed by atoms with Crippen molar-refractivity contribution in [2.75, 3.05) is 40.5 Å². The van der Waals surface area contributed by atoms with Crippen LogP contribution in [-0.4, -0.2) is 117 Å². The van der Waals surface area contributed by atoms with Gasteiger partial charge in [-0.3, -0.25) is 24.1 Å². The van der Waals surface area contributed by atoms with E-state index < -0.39 is 81.4 Å². The zero-order valence-corrected chi connectivity index (χ0v) is 30.1. The number of aliphatic hydroxyl groups excluding tert-OH is 2. The van der Waals surface area contributed by atoms with Gasteiger partial charge in [-0.25, -0.2) is 0 Å². The van der Waals surface area contributed by atoms with Gasteiger partial charge in [0, 0.05) is 52.4 Å². The fourth-order valence-corrected chi connectivity index (χ4v) is 10.2. The number of nitrogens with two attached hydrogens (primary N) is 1. The summed E-state index contributed by atoms with van der Waals surface area (Å²) in [6.07, 6.45) is 2.69. The average Bonchev–Trinajstić information content (AvgIpc) is 3.52. The van der Waals surface area contributed by atoms with Gasteiger partial charge >= 0.3 is 5.97 Å². The Labute approximate surface area is 291 Å². The van der Waals surface area contributed by atoms with E-state index in [1.165, 1.54) is 19.0 Å². The first-order chi connectivity index (χ1) is 22.9. The summed E-state index contributed by atoms with van der Waals surface area (Å²) in [6, 6.07) is 2.23. The Hall–Kier alpha value is -3.39. The molecule has 0 aromatic heterocycles. The summed E-state index contributed by atoms with van der Waals surface area (Å²) in [7, 11) is 6.83. The van der Waals surface area contributed by atoms with Gasteiger partial charge in [-0.05, 0) is 46.6 Å². The van der Waals surface area contributed by atoms with Crippen LogP contribution in [-0.2, 0) is 29.3 Å². The van der Waals surface area contributed by atoms with Crippen LogP contribution >= 0.6 is 11.8 Å². The maximum atomic E-state index is 14.9. The van der Waals surface area contributed by atoms with Crippen molar-refractivity contribution in [2.45, 2.75) is 87.2 Å². The van der Waals surface area contributed by atoms with Crippen LogP contribution in [0.4, 0.5) is 0 Å². The first kappa shape index (κ1) is 36.9. The van der Waals surface area contributed by atoms with Crippen LogP contribution in [0.5, 0.6) is 5.75 Å². The summed E-state index contributed by atoms with van der Waals surface area (Å²) in [6.45, 7) is 6.02. The van der Waals surface area contributed by atoms with E-state index in [4.69, 9.17) is 10.5 Å². The molecule has 0 radical (unpaired) electrons. The van der Waals surface area contributed by atoms with Gasteiger partial charge in [0.2, 0.25) is 5.78 Å². The van der Waals surface area contributed by atoms with Crippen LogP contribution < -0.4 is 5.73 Å². The highest BCUT2D eigenvalue weighted by Gasteiger charge is 2.70. The SMILES string of the molecule is CCC(=O)O[C@H]1[C@H]2C(=C(O)c3c(ccc(C(C)(C)CN(C)C)c3O)[C@@H]2CSC2CCCC2)C(=O)[C@]2(O)C(O)=C(C(N)=O)C(=O)[C@@H](N(C)C)[C@H]12. The largest absolute Gasteiger partial charge is 0.508 e. The maximum absolute atomic E-state index is 14.9. The van der Waals surface area contributed by atoms with E-state index in [1.807, 2.05) is 45.0 Å². The molecule has 12 nitrogen and oxygen atoms in total. The Morgan fingerprint density at radius 2 is 1.71 bits per heavy atom. The van der Waals surface area contributed by atoms with Gasteiger partial charge in [0.1, 0.15) is 28.9 Å². The third kappa shape index (κ3) is 5.96. The molecule has 13 heteroatoms. The molecule has 268 valence electrons. The van der Waals surface area contributed by atoms with E-state index in [2.05, 4.69) is 0 Å². The van der Waals surface area contributed by atoms with Gasteiger partial charge in [-0.2, -0.15) is 11.8 Å². The number of phenols is 1. The number of carbonyl (C=O) groups excluding carboxylic acids is 4. The van der Waals surface area contributed by atoms with Gasteiger partial charge in [0.05, 0.1) is 17.5 Å². The van der Waals surface area contributed by atoms with Crippen LogP contribution in [0.15, 0.2) is 29.0 Å². The number of benzene rings is 1. The van der Waals surface area contributed by atoms with Gasteiger partial charge in [0.25, 0.3) is 5.91 Å². The number of hydrogen-bond donors (Lipinski definition) is 5. The van der Waals surface area contributed by atoms with E-state index in [0.29, 0.717) is 28.7 Å². The molecule has 0 heterocycles. The molecule has 5 rings (SSSR count). The second kappa shape index (κ2) is 13.4. The van der Waals surface area contributed by atoms with E-state index in [1.54, 1.807) is 18.7 Å². The Balaban J connectivity index is 1.84. The summed E-state index contributed by atoms with van der Waals surface area (Å²) < 4.78 is 6.08. The third-order valence-corrected chi connectivity index (χ3v) is 12.2. The number of rotatable bonds is 10. The topological polar surface area (TPSA) is 191 Å². The van der Waals surface area contributed by atoms with Crippen molar-refractivity contribution in [3.63, 3.8) is 0 Å². The summed E-state index contributed by atoms with van der Waals surface area (Å²) in [5, 5.41) is 48.3. The van der Waals surface area contributed by atoms with Crippen LogP contribution in [0.25, 0.3) is 5.76 Å². The minimum absolute atomic E-state index is 0.0261. The lowest BCUT2D eigenvalue weighted by Crippen LogP contribution is -2.71. The second-order valence-electron chi connectivity index (χ2n) is 15.0. The number of ether oxygens (including phenoxy) is 1. The van der Waals surface area contributed by atoms with Crippen molar-refractivity contribution in [3.05, 3.63) is 45.7 Å². The standard InChI is InChI=1S/C36H49N3O9S/c1-8-21(40)48-31-22-19(15-49-17-11-9-10-12-17)18-13-14-20(35(2,3)16-38(4)5)28(41)23(18)29(42)24(22)32(44)36(47)26(31)27(39(6)7)30(43)25(33(36)45)34(37)46/h13-14,17,19,22,26-27,31,41-42,45,47H,8-12,15-16H2,1-7H3,(H2,37,46)/t19-,22+,26+,27-,31-,36-/m0/s1. The normalized spacial score (nSPS) is 29.0. The summed E-state index contributed by atoms with van der Waals surface area (Å²) >= 11 is 1.70. The zero-order valence-electron chi connectivity index (χ0n) is 29.3. The molecule has 1 amide bonds. The van der Waals surface area contributed by atoms with Gasteiger partial charge in [0.15, 0.2) is 11.4 Å². The predicted octanol–water partition coefficient (Wildman–Crippen LogP) is 2.95. The lowest BCUT2D eigenvalue weighted by atomic mass is 9.54. The Morgan fingerprint density at radius 3 is 2.27 bits per heavy atom. The number of esters is 1. The summed E-state index contributed by atoms with van der Waals surface area (Å²) in [5.41, 5.74) is 1.74. The molecule has 4 aliphatic rings. The fraction of sp³-hybridized carbons (Fsp3) is 0.611. The number of likely N-dealkylation sites (N-methyl/N-ethyl adjacent to an activating group) is 2. The number of phenolic OH excluding ortho intramolecular Hbond substituents is 1. The minimum atomic E-state index is -2.98. The predicted molar refractivity (Wildman–Crippen MR) is 185 cm³/mol. The zero-order chi connectivity index (χ0) is 36.3. The Morgan fingerprint density at radius 1 is 1.08 bits per heavy atom. The van der Waals surface area contributed by atoms with Crippen molar-refractivity contribution >= 4 is 41.0 Å². The first-order valence-corrected chi connectivity index (χ1v) is 17.9. The lowest BCUT2D eigenvalue weighted by Gasteiger charge is -2.55. The number of ketones is 2. The first-order valence-electron chi connectivity index (χ1n) is 16.9. The van der Waals surface area contributed by atoms with Crippen molar-refractivity contribution in [2.24, 2.45) is 17.6 Å². The van der Waals surface area contributed by atoms with Crippen molar-refractivity contribution < 1.29 is 44.3 Å². The minimum Gasteiger partial charge on any atom is -0.508 e. The highest BCUT2D eigenvalue weighted by Crippen LogP contribution is 2.58. The maximum Gasteiger partial charge on any atom is 0.305 e. The van der Waals surface area contributed by atoms with Gasteiger partial charge < -0.3 is 35.8 Å². The highest BCUT2D eigenvalue weighted by atomic mass is 32.2. The Bertz CT molecular complexity index is 1630. The molecule has 1 aromatic carbocycles. The quantitative estimate of drug-likeness (QED) is 0.178. The molecule has 0 unspecified atom stereocenters.